The minimum atomic E-state index is -1.97. The fourth-order valence-corrected chi connectivity index (χ4v) is 1.96. The molecule has 15 nitrogen and oxygen atoms in total. The third-order valence-corrected chi connectivity index (χ3v) is 3.66. The van der Waals surface area contributed by atoms with Gasteiger partial charge in [-0.2, -0.15) is 0 Å². The Kier molecular flexibility index (Phi) is 14.9. The Labute approximate surface area is 220 Å². The summed E-state index contributed by atoms with van der Waals surface area (Å²) < 4.78 is 14.9. The number of hydrogen-bond donors (Lipinski definition) is 6. The first-order valence-electron chi connectivity index (χ1n) is 9.21. The maximum absolute atomic E-state index is 12.0. The van der Waals surface area contributed by atoms with Gasteiger partial charge in [-0.25, -0.2) is 29.0 Å². The molecule has 1 aromatic rings. The average molecular weight is 514 g/mol. The van der Waals surface area contributed by atoms with E-state index < -0.39 is 79.3 Å². The van der Waals surface area contributed by atoms with Gasteiger partial charge in [0.05, 0.1) is 26.9 Å². The van der Waals surface area contributed by atoms with Crippen molar-refractivity contribution >= 4 is 30.0 Å². The predicted octanol–water partition coefficient (Wildman–Crippen LogP) is -6.30. The molecular weight excluding hydrogens is 491 g/mol. The van der Waals surface area contributed by atoms with Crippen LogP contribution in [0.25, 0.3) is 6.08 Å². The van der Waals surface area contributed by atoms with E-state index in [0.29, 0.717) is 6.08 Å². The van der Waals surface area contributed by atoms with Crippen LogP contribution in [0, 0.1) is 0 Å². The second kappa shape index (κ2) is 16.1. The molecule has 35 heavy (non-hydrogen) atoms. The summed E-state index contributed by atoms with van der Waals surface area (Å²) in [5.74, 6) is -6.71. The van der Waals surface area contributed by atoms with Crippen molar-refractivity contribution in [2.75, 3.05) is 26.9 Å². The first-order chi connectivity index (χ1) is 16.1. The number of aliphatic hydroxyl groups excluding tert-OH is 6. The first-order valence-corrected chi connectivity index (χ1v) is 9.21. The van der Waals surface area contributed by atoms with Crippen molar-refractivity contribution < 1.29 is 105 Å². The molecule has 0 aliphatic rings. The molecule has 3 unspecified atom stereocenters. The molecule has 0 amide bonds. The van der Waals surface area contributed by atoms with E-state index in [1.54, 1.807) is 0 Å². The summed E-state index contributed by atoms with van der Waals surface area (Å²) in [5, 5.41) is 54.3. The quantitative estimate of drug-likeness (QED) is 0.0402. The standard InChI is InChI=1S/C19H22O15.Na.H/c1-30-16-13(31-17(27)10(23)6-20)4-2-9(15(16)32-18(28)11(24)7-21)3-5-14(26)33-34-19(29)12(25)8-22;;/h2-5,10-12,20-25H,6-8H2,1H3;;/q;+1;-1. The van der Waals surface area contributed by atoms with E-state index in [2.05, 4.69) is 9.78 Å². The van der Waals surface area contributed by atoms with Crippen LogP contribution in [-0.4, -0.2) is 99.8 Å². The molecule has 1 rings (SSSR count). The molecule has 0 saturated heterocycles. The van der Waals surface area contributed by atoms with E-state index in [0.717, 1.165) is 25.3 Å². The molecule has 0 aromatic heterocycles. The van der Waals surface area contributed by atoms with Crippen molar-refractivity contribution in [3.63, 3.8) is 0 Å². The van der Waals surface area contributed by atoms with Gasteiger partial charge in [0.15, 0.2) is 29.8 Å². The summed E-state index contributed by atoms with van der Waals surface area (Å²) in [6.07, 6.45) is -4.17. The summed E-state index contributed by atoms with van der Waals surface area (Å²) in [6, 6.07) is 2.24. The van der Waals surface area contributed by atoms with Gasteiger partial charge in [0.1, 0.15) is 0 Å². The number of methoxy groups -OCH3 is 1. The second-order valence-electron chi connectivity index (χ2n) is 6.09. The van der Waals surface area contributed by atoms with E-state index in [-0.39, 0.29) is 36.5 Å². The summed E-state index contributed by atoms with van der Waals surface area (Å²) in [6.45, 7) is -2.93. The van der Waals surface area contributed by atoms with E-state index >= 15 is 0 Å². The minimum absolute atomic E-state index is 0. The van der Waals surface area contributed by atoms with Crippen LogP contribution in [-0.2, 0) is 29.0 Å². The fourth-order valence-electron chi connectivity index (χ4n) is 1.96. The number of esters is 2. The summed E-state index contributed by atoms with van der Waals surface area (Å²) in [4.78, 5) is 54.8. The van der Waals surface area contributed by atoms with E-state index in [9.17, 15) is 29.4 Å². The molecule has 0 saturated carbocycles. The SMILES string of the molecule is COc1c(OC(=O)C(O)CO)ccc(C=CC(=O)OOC(=O)C(O)CO)c1OC(=O)C(O)CO.[H-].[Na+]. The van der Waals surface area contributed by atoms with E-state index in [4.69, 9.17) is 34.6 Å². The molecule has 3 atom stereocenters. The molecule has 1 aromatic carbocycles. The van der Waals surface area contributed by atoms with Crippen LogP contribution in [0.15, 0.2) is 18.2 Å². The van der Waals surface area contributed by atoms with E-state index in [1.807, 2.05) is 0 Å². The second-order valence-corrected chi connectivity index (χ2v) is 6.09. The van der Waals surface area contributed by atoms with Gasteiger partial charge in [-0.3, -0.25) is 0 Å². The van der Waals surface area contributed by atoms with Gasteiger partial charge in [0.25, 0.3) is 0 Å². The zero-order valence-corrected chi connectivity index (χ0v) is 20.5. The molecule has 0 heterocycles. The Balaban J connectivity index is 0. The van der Waals surface area contributed by atoms with Crippen LogP contribution in [0.4, 0.5) is 0 Å². The summed E-state index contributed by atoms with van der Waals surface area (Å²) >= 11 is 0. The summed E-state index contributed by atoms with van der Waals surface area (Å²) in [5.41, 5.74) is -0.114. The van der Waals surface area contributed by atoms with Crippen molar-refractivity contribution in [1.29, 1.82) is 0 Å². The molecule has 0 fully saturated rings. The number of carbonyl (C=O) groups is 4. The van der Waals surface area contributed by atoms with Gasteiger partial charge in [0, 0.05) is 11.6 Å². The van der Waals surface area contributed by atoms with Crippen LogP contribution in [0.1, 0.15) is 6.99 Å². The van der Waals surface area contributed by atoms with Gasteiger partial charge in [-0.15, -0.1) is 0 Å². The number of benzene rings is 1. The Bertz CT molecular complexity index is 922. The number of rotatable bonds is 11. The zero-order valence-electron chi connectivity index (χ0n) is 19.5. The predicted molar refractivity (Wildman–Crippen MR) is 106 cm³/mol. The van der Waals surface area contributed by atoms with Crippen molar-refractivity contribution in [3.05, 3.63) is 23.8 Å². The monoisotopic (exact) mass is 514 g/mol. The molecule has 0 aliphatic carbocycles. The Morgan fingerprint density at radius 1 is 0.829 bits per heavy atom. The Hall–Kier alpha value is -2.60. The smallest absolute Gasteiger partial charge is 1.00 e. The third-order valence-electron chi connectivity index (χ3n) is 3.66. The number of ether oxygens (including phenoxy) is 3. The van der Waals surface area contributed by atoms with Gasteiger partial charge in [-0.1, -0.05) is 0 Å². The van der Waals surface area contributed by atoms with Gasteiger partial charge >= 0.3 is 53.4 Å². The summed E-state index contributed by atoms with van der Waals surface area (Å²) in [7, 11) is 1.07. The van der Waals surface area contributed by atoms with Crippen LogP contribution < -0.4 is 43.8 Å². The molecule has 0 aliphatic heterocycles. The van der Waals surface area contributed by atoms with Gasteiger partial charge in [-0.05, 0) is 18.2 Å². The van der Waals surface area contributed by atoms with Crippen molar-refractivity contribution in [1.82, 2.24) is 0 Å². The van der Waals surface area contributed by atoms with Crippen molar-refractivity contribution in [2.24, 2.45) is 0 Å². The zero-order chi connectivity index (χ0) is 25.8. The topological polar surface area (TPSA) is 236 Å². The maximum atomic E-state index is 12.0. The largest absolute Gasteiger partial charge is 1.00 e. The number of carbonyl (C=O) groups excluding carboxylic acids is 4. The fraction of sp³-hybridized carbons (Fsp3) is 0.368. The normalized spacial score (nSPS) is 13.1. The van der Waals surface area contributed by atoms with Crippen molar-refractivity contribution in [3.8, 4) is 17.2 Å². The molecule has 16 heteroatoms. The van der Waals surface area contributed by atoms with Crippen molar-refractivity contribution in [2.45, 2.75) is 18.3 Å². The van der Waals surface area contributed by atoms with Gasteiger partial charge < -0.3 is 46.3 Å². The van der Waals surface area contributed by atoms with E-state index in [1.165, 1.54) is 0 Å². The molecular formula is C19H23NaO15. The van der Waals surface area contributed by atoms with Crippen LogP contribution in [0.3, 0.4) is 0 Å². The van der Waals surface area contributed by atoms with Crippen LogP contribution >= 0.6 is 0 Å². The Morgan fingerprint density at radius 3 is 1.86 bits per heavy atom. The molecule has 0 bridgehead atoms. The third kappa shape index (κ3) is 9.88. The molecule has 0 radical (unpaired) electrons. The first kappa shape index (κ1) is 32.4. The number of aliphatic hydroxyl groups is 6. The van der Waals surface area contributed by atoms with Crippen LogP contribution in [0.2, 0.25) is 0 Å². The van der Waals surface area contributed by atoms with Gasteiger partial charge in [0.2, 0.25) is 5.75 Å². The average Bonchev–Trinajstić information content (AvgIpc) is 2.84. The minimum Gasteiger partial charge on any atom is -1.00 e. The molecule has 6 N–H and O–H groups in total. The van der Waals surface area contributed by atoms with Crippen LogP contribution in [0.5, 0.6) is 17.2 Å². The Morgan fingerprint density at radius 2 is 1.34 bits per heavy atom. The molecule has 190 valence electrons. The molecule has 0 spiro atoms. The number of hydrogen-bond acceptors (Lipinski definition) is 15. The maximum Gasteiger partial charge on any atom is 1.00 e.